The molecule has 1 aromatic heterocycles. The van der Waals surface area contributed by atoms with Crippen LogP contribution in [0, 0.1) is 11.6 Å². The number of nitrogens with one attached hydrogen (secondary N) is 1. The van der Waals surface area contributed by atoms with Crippen molar-refractivity contribution in [2.75, 3.05) is 5.32 Å². The van der Waals surface area contributed by atoms with Crippen LogP contribution in [0.15, 0.2) is 52.4 Å². The smallest absolute Gasteiger partial charge is 0.262 e. The molecule has 8 heteroatoms. The van der Waals surface area contributed by atoms with Gasteiger partial charge in [0, 0.05) is 17.8 Å². The van der Waals surface area contributed by atoms with E-state index in [-0.39, 0.29) is 17.3 Å². The Kier molecular flexibility index (Phi) is 6.32. The average Bonchev–Trinajstić information content (AvgIpc) is 2.70. The van der Waals surface area contributed by atoms with Gasteiger partial charge in [-0.2, -0.15) is 0 Å². The molecule has 3 aromatic rings. The Bertz CT molecular complexity index is 1120. The fourth-order valence-corrected chi connectivity index (χ4v) is 3.82. The average molecular weight is 417 g/mol. The van der Waals surface area contributed by atoms with E-state index in [1.165, 1.54) is 6.07 Å². The summed E-state index contributed by atoms with van der Waals surface area (Å²) in [4.78, 5) is 30.1. The standard InChI is InChI=1S/C21H21F2N3O2S/c1-4-12(2)26-20(28)15-7-5-6-8-18(15)25-21(26)29-13(3)19(27)24-14-9-10-16(22)17(23)11-14/h5-13H,4H2,1-3H3,(H,24,27)/t12-,13-/m1/s1. The van der Waals surface area contributed by atoms with E-state index in [0.717, 1.165) is 30.3 Å². The van der Waals surface area contributed by atoms with E-state index in [4.69, 9.17) is 0 Å². The third-order valence-electron chi connectivity index (χ3n) is 4.65. The maximum atomic E-state index is 13.4. The Morgan fingerprint density at radius 1 is 1.17 bits per heavy atom. The SMILES string of the molecule is CC[C@@H](C)n1c(S[C@H](C)C(=O)Nc2ccc(F)c(F)c2)nc2ccccc2c1=O. The first-order valence-electron chi connectivity index (χ1n) is 9.25. The Labute approximate surface area is 171 Å². The molecule has 0 aliphatic rings. The highest BCUT2D eigenvalue weighted by atomic mass is 32.2. The maximum Gasteiger partial charge on any atom is 0.262 e. The fourth-order valence-electron chi connectivity index (χ4n) is 2.81. The van der Waals surface area contributed by atoms with Crippen molar-refractivity contribution < 1.29 is 13.6 Å². The molecule has 0 fully saturated rings. The van der Waals surface area contributed by atoms with Crippen LogP contribution in [0.3, 0.4) is 0 Å². The Morgan fingerprint density at radius 2 is 1.90 bits per heavy atom. The van der Waals surface area contributed by atoms with E-state index in [2.05, 4.69) is 10.3 Å². The molecule has 0 saturated carbocycles. The van der Waals surface area contributed by atoms with E-state index in [1.807, 2.05) is 13.8 Å². The zero-order chi connectivity index (χ0) is 21.1. The van der Waals surface area contributed by atoms with Crippen LogP contribution in [-0.4, -0.2) is 20.7 Å². The number of aromatic nitrogens is 2. The summed E-state index contributed by atoms with van der Waals surface area (Å²) >= 11 is 1.15. The van der Waals surface area contributed by atoms with Crippen molar-refractivity contribution in [3.05, 3.63) is 64.5 Å². The van der Waals surface area contributed by atoms with Gasteiger partial charge in [0.05, 0.1) is 16.2 Å². The van der Waals surface area contributed by atoms with Gasteiger partial charge in [-0.05, 0) is 44.5 Å². The molecule has 0 saturated heterocycles. The summed E-state index contributed by atoms with van der Waals surface area (Å²) in [6.07, 6.45) is 0.725. The number of anilines is 1. The summed E-state index contributed by atoms with van der Waals surface area (Å²) in [6.45, 7) is 5.57. The molecule has 3 rings (SSSR count). The molecule has 0 bridgehead atoms. The van der Waals surface area contributed by atoms with Gasteiger partial charge in [0.25, 0.3) is 5.56 Å². The number of nitrogens with zero attached hydrogens (tertiary/aromatic N) is 2. The van der Waals surface area contributed by atoms with Gasteiger partial charge in [0.2, 0.25) is 5.91 Å². The molecule has 0 aliphatic carbocycles. The molecule has 0 aliphatic heterocycles. The van der Waals surface area contributed by atoms with Crippen molar-refractivity contribution >= 4 is 34.3 Å². The predicted molar refractivity (Wildman–Crippen MR) is 111 cm³/mol. The molecular formula is C21H21F2N3O2S. The highest BCUT2D eigenvalue weighted by Gasteiger charge is 2.21. The van der Waals surface area contributed by atoms with Crippen molar-refractivity contribution in [1.29, 1.82) is 0 Å². The van der Waals surface area contributed by atoms with E-state index in [0.29, 0.717) is 16.1 Å². The van der Waals surface area contributed by atoms with Crippen LogP contribution in [0.1, 0.15) is 33.2 Å². The molecule has 0 radical (unpaired) electrons. The van der Waals surface area contributed by atoms with Crippen LogP contribution in [0.2, 0.25) is 0 Å². The lowest BCUT2D eigenvalue weighted by molar-refractivity contribution is -0.115. The van der Waals surface area contributed by atoms with Gasteiger partial charge in [-0.15, -0.1) is 0 Å². The summed E-state index contributed by atoms with van der Waals surface area (Å²) in [6, 6.07) is 10.2. The summed E-state index contributed by atoms with van der Waals surface area (Å²) in [5, 5.41) is 2.91. The van der Waals surface area contributed by atoms with Crippen molar-refractivity contribution in [2.45, 2.75) is 43.6 Å². The highest BCUT2D eigenvalue weighted by Crippen LogP contribution is 2.26. The number of para-hydroxylation sites is 1. The molecule has 2 aromatic carbocycles. The molecule has 152 valence electrons. The lowest BCUT2D eigenvalue weighted by atomic mass is 10.2. The van der Waals surface area contributed by atoms with Gasteiger partial charge < -0.3 is 5.32 Å². The van der Waals surface area contributed by atoms with Crippen molar-refractivity contribution in [1.82, 2.24) is 9.55 Å². The molecule has 5 nitrogen and oxygen atoms in total. The lowest BCUT2D eigenvalue weighted by Gasteiger charge is -2.20. The van der Waals surface area contributed by atoms with Crippen LogP contribution >= 0.6 is 11.8 Å². The summed E-state index contributed by atoms with van der Waals surface area (Å²) < 4.78 is 28.0. The topological polar surface area (TPSA) is 64.0 Å². The number of hydrogen-bond acceptors (Lipinski definition) is 4. The number of fused-ring (bicyclic) bond motifs is 1. The largest absolute Gasteiger partial charge is 0.325 e. The quantitative estimate of drug-likeness (QED) is 0.464. The van der Waals surface area contributed by atoms with Crippen molar-refractivity contribution in [3.8, 4) is 0 Å². The van der Waals surface area contributed by atoms with Crippen molar-refractivity contribution in [2.24, 2.45) is 0 Å². The first-order chi connectivity index (χ1) is 13.8. The molecular weight excluding hydrogens is 396 g/mol. The molecule has 0 spiro atoms. The normalized spacial score (nSPS) is 13.3. The van der Waals surface area contributed by atoms with E-state index >= 15 is 0 Å². The molecule has 1 heterocycles. The van der Waals surface area contributed by atoms with E-state index in [9.17, 15) is 18.4 Å². The maximum absolute atomic E-state index is 13.4. The summed E-state index contributed by atoms with van der Waals surface area (Å²) in [7, 11) is 0. The highest BCUT2D eigenvalue weighted by molar-refractivity contribution is 8.00. The Morgan fingerprint density at radius 3 is 2.59 bits per heavy atom. The van der Waals surface area contributed by atoms with Gasteiger partial charge in [0.1, 0.15) is 0 Å². The number of thioether (sulfide) groups is 1. The second-order valence-corrected chi connectivity index (χ2v) is 8.03. The minimum absolute atomic E-state index is 0.0939. The zero-order valence-corrected chi connectivity index (χ0v) is 17.1. The zero-order valence-electron chi connectivity index (χ0n) is 16.3. The third-order valence-corrected chi connectivity index (χ3v) is 5.71. The molecule has 1 amide bonds. The van der Waals surface area contributed by atoms with Gasteiger partial charge in [0.15, 0.2) is 16.8 Å². The molecule has 1 N–H and O–H groups in total. The number of benzene rings is 2. The number of carbonyl (C=O) groups is 1. The fraction of sp³-hybridized carbons (Fsp3) is 0.286. The lowest BCUT2D eigenvalue weighted by Crippen LogP contribution is -2.28. The third kappa shape index (κ3) is 4.48. The van der Waals surface area contributed by atoms with Crippen LogP contribution < -0.4 is 10.9 Å². The second kappa shape index (κ2) is 8.73. The van der Waals surface area contributed by atoms with Gasteiger partial charge in [-0.3, -0.25) is 14.2 Å². The first kappa shape index (κ1) is 21.0. The summed E-state index contributed by atoms with van der Waals surface area (Å²) in [5.41, 5.74) is 0.570. The minimum atomic E-state index is -1.04. The number of rotatable bonds is 6. The predicted octanol–water partition coefficient (Wildman–Crippen LogP) is 4.77. The Balaban J connectivity index is 1.90. The molecule has 29 heavy (non-hydrogen) atoms. The van der Waals surface area contributed by atoms with E-state index in [1.54, 1.807) is 35.8 Å². The molecule has 2 atom stereocenters. The Hall–Kier alpha value is -2.74. The summed E-state index contributed by atoms with van der Waals surface area (Å²) in [5.74, 6) is -2.42. The number of hydrogen-bond donors (Lipinski definition) is 1. The number of amides is 1. The van der Waals surface area contributed by atoms with Crippen LogP contribution in [0.5, 0.6) is 0 Å². The van der Waals surface area contributed by atoms with Crippen LogP contribution in [-0.2, 0) is 4.79 Å². The number of carbonyl (C=O) groups excluding carboxylic acids is 1. The monoisotopic (exact) mass is 417 g/mol. The molecule has 0 unspecified atom stereocenters. The number of halogens is 2. The second-order valence-electron chi connectivity index (χ2n) is 6.72. The van der Waals surface area contributed by atoms with Crippen LogP contribution in [0.25, 0.3) is 10.9 Å². The first-order valence-corrected chi connectivity index (χ1v) is 10.1. The van der Waals surface area contributed by atoms with Gasteiger partial charge in [-0.25, -0.2) is 13.8 Å². The minimum Gasteiger partial charge on any atom is -0.325 e. The van der Waals surface area contributed by atoms with Gasteiger partial charge >= 0.3 is 0 Å². The van der Waals surface area contributed by atoms with Gasteiger partial charge in [-0.1, -0.05) is 30.8 Å². The van der Waals surface area contributed by atoms with E-state index < -0.39 is 22.8 Å². The van der Waals surface area contributed by atoms with Crippen molar-refractivity contribution in [3.63, 3.8) is 0 Å². The van der Waals surface area contributed by atoms with Crippen LogP contribution in [0.4, 0.5) is 14.5 Å².